The van der Waals surface area contributed by atoms with Gasteiger partial charge < -0.3 is 19.7 Å². The van der Waals surface area contributed by atoms with E-state index < -0.39 is 23.5 Å². The molecule has 1 aromatic heterocycles. The molecule has 0 spiro atoms. The van der Waals surface area contributed by atoms with Crippen molar-refractivity contribution in [2.75, 3.05) is 26.3 Å². The third kappa shape index (κ3) is 5.04. The van der Waals surface area contributed by atoms with Crippen LogP contribution in [0.5, 0.6) is 0 Å². The number of hydrogen-bond donors (Lipinski definition) is 1. The standard InChI is InChI=1S/C16H22N4O6/c1-3-25-15(23)8-17-13(21)10-20-14(22)7-11-9-19(16(24)26-4-2)6-5-12(11)18-20/h7H,3-6,8-10H2,1-2H3,(H,17,21). The number of amides is 2. The Morgan fingerprint density at radius 1 is 1.23 bits per heavy atom. The van der Waals surface area contributed by atoms with Crippen LogP contribution in [0.3, 0.4) is 0 Å². The van der Waals surface area contributed by atoms with Crippen LogP contribution in [0.15, 0.2) is 10.9 Å². The number of hydrogen-bond acceptors (Lipinski definition) is 7. The Labute approximate surface area is 150 Å². The molecule has 1 aromatic rings. The molecule has 0 saturated heterocycles. The zero-order valence-electron chi connectivity index (χ0n) is 14.8. The second-order valence-electron chi connectivity index (χ2n) is 5.56. The van der Waals surface area contributed by atoms with Gasteiger partial charge in [0.1, 0.15) is 13.1 Å². The van der Waals surface area contributed by atoms with Crippen molar-refractivity contribution in [3.63, 3.8) is 0 Å². The molecule has 10 heteroatoms. The van der Waals surface area contributed by atoms with Crippen molar-refractivity contribution < 1.29 is 23.9 Å². The minimum atomic E-state index is -0.550. The first-order chi connectivity index (χ1) is 12.4. The zero-order valence-corrected chi connectivity index (χ0v) is 14.8. The number of carbonyl (C=O) groups excluding carboxylic acids is 3. The largest absolute Gasteiger partial charge is 0.465 e. The molecular weight excluding hydrogens is 344 g/mol. The van der Waals surface area contributed by atoms with Gasteiger partial charge in [-0.1, -0.05) is 0 Å². The van der Waals surface area contributed by atoms with Crippen molar-refractivity contribution in [2.24, 2.45) is 0 Å². The SMILES string of the molecule is CCOC(=O)CNC(=O)Cn1nc2c(cc1=O)CN(C(=O)OCC)CC2. The minimum absolute atomic E-state index is 0.226. The summed E-state index contributed by atoms with van der Waals surface area (Å²) in [5.41, 5.74) is 0.835. The smallest absolute Gasteiger partial charge is 0.410 e. The lowest BCUT2D eigenvalue weighted by atomic mass is 10.1. The topological polar surface area (TPSA) is 120 Å². The fourth-order valence-corrected chi connectivity index (χ4v) is 2.50. The Morgan fingerprint density at radius 2 is 1.96 bits per heavy atom. The molecule has 0 aromatic carbocycles. The molecule has 10 nitrogen and oxygen atoms in total. The van der Waals surface area contributed by atoms with Crippen LogP contribution in [0, 0.1) is 0 Å². The van der Waals surface area contributed by atoms with E-state index in [2.05, 4.69) is 10.4 Å². The summed E-state index contributed by atoms with van der Waals surface area (Å²) >= 11 is 0. The lowest BCUT2D eigenvalue weighted by molar-refractivity contribution is -0.143. The predicted octanol–water partition coefficient (Wildman–Crippen LogP) is -0.563. The molecule has 0 bridgehead atoms. The molecule has 1 aliphatic heterocycles. The Morgan fingerprint density at radius 3 is 2.65 bits per heavy atom. The number of fused-ring (bicyclic) bond motifs is 1. The van der Waals surface area contributed by atoms with Gasteiger partial charge in [-0.15, -0.1) is 0 Å². The number of aromatic nitrogens is 2. The van der Waals surface area contributed by atoms with Crippen LogP contribution in [0.1, 0.15) is 25.1 Å². The number of rotatable bonds is 6. The molecule has 0 saturated carbocycles. The second kappa shape index (κ2) is 8.97. The highest BCUT2D eigenvalue weighted by molar-refractivity contribution is 5.81. The highest BCUT2D eigenvalue weighted by atomic mass is 16.6. The molecule has 0 aliphatic carbocycles. The zero-order chi connectivity index (χ0) is 19.1. The molecule has 2 rings (SSSR count). The monoisotopic (exact) mass is 366 g/mol. The van der Waals surface area contributed by atoms with E-state index in [4.69, 9.17) is 9.47 Å². The highest BCUT2D eigenvalue weighted by Gasteiger charge is 2.24. The lowest BCUT2D eigenvalue weighted by Crippen LogP contribution is -2.40. The molecule has 26 heavy (non-hydrogen) atoms. The molecule has 0 atom stereocenters. The van der Waals surface area contributed by atoms with Gasteiger partial charge in [0.25, 0.3) is 5.56 Å². The van der Waals surface area contributed by atoms with Gasteiger partial charge in [0.15, 0.2) is 0 Å². The van der Waals surface area contributed by atoms with Gasteiger partial charge >= 0.3 is 12.1 Å². The average molecular weight is 366 g/mol. The van der Waals surface area contributed by atoms with E-state index in [1.165, 1.54) is 11.0 Å². The van der Waals surface area contributed by atoms with Crippen LogP contribution in [-0.4, -0.2) is 59.0 Å². The molecule has 1 aliphatic rings. The summed E-state index contributed by atoms with van der Waals surface area (Å²) in [6.45, 7) is 4.00. The van der Waals surface area contributed by atoms with Crippen molar-refractivity contribution in [3.05, 3.63) is 27.7 Å². The quantitative estimate of drug-likeness (QED) is 0.670. The number of esters is 1. The van der Waals surface area contributed by atoms with E-state index in [9.17, 15) is 19.2 Å². The van der Waals surface area contributed by atoms with E-state index in [1.54, 1.807) is 13.8 Å². The number of nitrogens with one attached hydrogen (secondary N) is 1. The number of ether oxygens (including phenoxy) is 2. The summed E-state index contributed by atoms with van der Waals surface area (Å²) in [5, 5.41) is 6.58. The minimum Gasteiger partial charge on any atom is -0.465 e. The Balaban J connectivity index is 2.01. The predicted molar refractivity (Wildman–Crippen MR) is 89.3 cm³/mol. The lowest BCUT2D eigenvalue weighted by Gasteiger charge is -2.27. The van der Waals surface area contributed by atoms with Gasteiger partial charge in [-0.25, -0.2) is 9.48 Å². The summed E-state index contributed by atoms with van der Waals surface area (Å²) in [4.78, 5) is 48.5. The first kappa shape index (κ1) is 19.4. The van der Waals surface area contributed by atoms with Gasteiger partial charge in [-0.05, 0) is 13.8 Å². The van der Waals surface area contributed by atoms with Gasteiger partial charge in [0.2, 0.25) is 5.91 Å². The Bertz CT molecular complexity index is 745. The van der Waals surface area contributed by atoms with Crippen molar-refractivity contribution in [3.8, 4) is 0 Å². The van der Waals surface area contributed by atoms with Crippen molar-refractivity contribution in [2.45, 2.75) is 33.4 Å². The Hall–Kier alpha value is -2.91. The summed E-state index contributed by atoms with van der Waals surface area (Å²) < 4.78 is 10.7. The molecule has 0 unspecified atom stereocenters. The first-order valence-electron chi connectivity index (χ1n) is 8.38. The fraction of sp³-hybridized carbons (Fsp3) is 0.562. The maximum Gasteiger partial charge on any atom is 0.410 e. The second-order valence-corrected chi connectivity index (χ2v) is 5.56. The van der Waals surface area contributed by atoms with E-state index >= 15 is 0 Å². The first-order valence-corrected chi connectivity index (χ1v) is 8.38. The van der Waals surface area contributed by atoms with E-state index in [-0.39, 0.29) is 32.8 Å². The van der Waals surface area contributed by atoms with Crippen LogP contribution < -0.4 is 10.9 Å². The van der Waals surface area contributed by atoms with E-state index in [0.717, 1.165) is 4.68 Å². The van der Waals surface area contributed by atoms with Crippen molar-refractivity contribution in [1.29, 1.82) is 0 Å². The third-order valence-corrected chi connectivity index (χ3v) is 3.70. The normalized spacial score (nSPS) is 12.9. The fourth-order valence-electron chi connectivity index (χ4n) is 2.50. The summed E-state index contributed by atoms with van der Waals surface area (Å²) in [6, 6.07) is 1.37. The summed E-state index contributed by atoms with van der Waals surface area (Å²) in [5.74, 6) is -1.07. The molecular formula is C16H22N4O6. The molecule has 0 fully saturated rings. The highest BCUT2D eigenvalue weighted by Crippen LogP contribution is 2.15. The van der Waals surface area contributed by atoms with Gasteiger partial charge in [0.05, 0.1) is 25.5 Å². The van der Waals surface area contributed by atoms with E-state index in [0.29, 0.717) is 24.2 Å². The van der Waals surface area contributed by atoms with Gasteiger partial charge in [0, 0.05) is 24.6 Å². The van der Waals surface area contributed by atoms with Crippen LogP contribution in [0.25, 0.3) is 0 Å². The van der Waals surface area contributed by atoms with Crippen LogP contribution >= 0.6 is 0 Å². The molecule has 2 heterocycles. The van der Waals surface area contributed by atoms with Crippen molar-refractivity contribution >= 4 is 18.0 Å². The van der Waals surface area contributed by atoms with Crippen molar-refractivity contribution in [1.82, 2.24) is 20.0 Å². The van der Waals surface area contributed by atoms with Gasteiger partial charge in [-0.3, -0.25) is 14.4 Å². The van der Waals surface area contributed by atoms with Crippen LogP contribution in [0.4, 0.5) is 4.79 Å². The van der Waals surface area contributed by atoms with Crippen LogP contribution in [-0.2, 0) is 38.6 Å². The average Bonchev–Trinajstić information content (AvgIpc) is 2.60. The van der Waals surface area contributed by atoms with E-state index in [1.807, 2.05) is 0 Å². The maximum absolute atomic E-state index is 12.2. The van der Waals surface area contributed by atoms with Gasteiger partial charge in [-0.2, -0.15) is 5.10 Å². The molecule has 142 valence electrons. The summed E-state index contributed by atoms with van der Waals surface area (Å²) in [7, 11) is 0. The number of carbonyl (C=O) groups is 3. The van der Waals surface area contributed by atoms with Crippen LogP contribution in [0.2, 0.25) is 0 Å². The summed E-state index contributed by atoms with van der Waals surface area (Å²) in [6.07, 6.45) is 0.0273. The molecule has 2 amide bonds. The Kier molecular flexibility index (Phi) is 6.70. The number of nitrogens with zero attached hydrogens (tertiary/aromatic N) is 3. The molecule has 1 N–H and O–H groups in total. The molecule has 0 radical (unpaired) electrons. The third-order valence-electron chi connectivity index (χ3n) is 3.70. The maximum atomic E-state index is 12.2.